The Morgan fingerprint density at radius 3 is 2.78 bits per heavy atom. The van der Waals surface area contributed by atoms with Gasteiger partial charge in [-0.25, -0.2) is 9.97 Å². The van der Waals surface area contributed by atoms with Gasteiger partial charge in [0.25, 0.3) is 5.56 Å². The molecule has 18 heavy (non-hydrogen) atoms. The fourth-order valence-electron chi connectivity index (χ4n) is 1.62. The molecule has 2 heterocycles. The van der Waals surface area contributed by atoms with Crippen molar-refractivity contribution in [2.75, 3.05) is 5.32 Å². The van der Waals surface area contributed by atoms with Crippen LogP contribution in [-0.2, 0) is 0 Å². The van der Waals surface area contributed by atoms with Crippen molar-refractivity contribution in [2.24, 2.45) is 0 Å². The van der Waals surface area contributed by atoms with E-state index < -0.39 is 0 Å². The topological polar surface area (TPSA) is 94.5 Å². The number of hydrogen-bond acceptors (Lipinski definition) is 6. The molecule has 1 aliphatic carbocycles. The third-order valence-corrected chi connectivity index (χ3v) is 3.56. The van der Waals surface area contributed by atoms with Gasteiger partial charge in [-0.3, -0.25) is 9.17 Å². The summed E-state index contributed by atoms with van der Waals surface area (Å²) in [4.78, 5) is 19.6. The lowest BCUT2D eigenvalue weighted by Crippen LogP contribution is -2.04. The monoisotopic (exact) mass is 259 g/mol. The Balaban J connectivity index is 1.83. The summed E-state index contributed by atoms with van der Waals surface area (Å²) in [6, 6.07) is 1.85. The number of aromatic nitrogens is 3. The van der Waals surface area contributed by atoms with Gasteiger partial charge in [-0.1, -0.05) is 0 Å². The molecule has 1 saturated carbocycles. The molecule has 7 heteroatoms. The Kier molecular flexibility index (Phi) is 2.57. The van der Waals surface area contributed by atoms with E-state index in [-0.39, 0.29) is 11.1 Å². The van der Waals surface area contributed by atoms with Crippen molar-refractivity contribution >= 4 is 22.5 Å². The smallest absolute Gasteiger partial charge is 0.278 e. The summed E-state index contributed by atoms with van der Waals surface area (Å²) < 4.78 is 2.49. The van der Waals surface area contributed by atoms with Crippen LogP contribution in [0.5, 0.6) is 0 Å². The number of aromatic amines is 1. The highest BCUT2D eigenvalue weighted by atomic mass is 32.1. The van der Waals surface area contributed by atoms with Gasteiger partial charge in [0.05, 0.1) is 0 Å². The predicted molar refractivity (Wildman–Crippen MR) is 66.9 cm³/mol. The van der Waals surface area contributed by atoms with E-state index in [1.54, 1.807) is 12.4 Å². The van der Waals surface area contributed by atoms with Gasteiger partial charge in [0.2, 0.25) is 5.95 Å². The van der Waals surface area contributed by atoms with E-state index in [0.29, 0.717) is 16.9 Å². The van der Waals surface area contributed by atoms with E-state index in [2.05, 4.69) is 19.7 Å². The average Bonchev–Trinajstić information content (AvgIpc) is 3.17. The quantitative estimate of drug-likeness (QED) is 0.875. The first-order valence-electron chi connectivity index (χ1n) is 5.48. The minimum Gasteiger partial charge on any atom is -0.313 e. The maximum atomic E-state index is 11.3. The van der Waals surface area contributed by atoms with E-state index in [9.17, 15) is 4.79 Å². The van der Waals surface area contributed by atoms with Gasteiger partial charge < -0.3 is 5.32 Å². The molecule has 0 radical (unpaired) electrons. The normalized spacial score (nSPS) is 14.2. The van der Waals surface area contributed by atoms with Crippen LogP contribution in [0, 0.1) is 11.3 Å². The van der Waals surface area contributed by atoms with E-state index in [1.807, 2.05) is 6.07 Å². The van der Waals surface area contributed by atoms with Crippen molar-refractivity contribution in [1.29, 1.82) is 5.26 Å². The largest absolute Gasteiger partial charge is 0.313 e. The maximum absolute atomic E-state index is 11.3. The molecule has 0 bridgehead atoms. The molecule has 0 saturated heterocycles. The number of nitriles is 1. The van der Waals surface area contributed by atoms with Gasteiger partial charge in [0, 0.05) is 12.4 Å². The molecule has 2 aromatic heterocycles. The summed E-state index contributed by atoms with van der Waals surface area (Å²) in [6.45, 7) is 0. The molecule has 2 N–H and O–H groups in total. The summed E-state index contributed by atoms with van der Waals surface area (Å²) >= 11 is 1.07. The molecule has 90 valence electrons. The molecule has 1 fully saturated rings. The van der Waals surface area contributed by atoms with Gasteiger partial charge >= 0.3 is 0 Å². The van der Waals surface area contributed by atoms with Gasteiger partial charge in [0.1, 0.15) is 11.1 Å². The summed E-state index contributed by atoms with van der Waals surface area (Å²) in [5, 5.41) is 12.2. The summed E-state index contributed by atoms with van der Waals surface area (Å²) in [5.41, 5.74) is 0.817. The first-order chi connectivity index (χ1) is 8.78. The molecule has 6 nitrogen and oxygen atoms in total. The van der Waals surface area contributed by atoms with Crippen LogP contribution in [0.2, 0.25) is 0 Å². The first-order valence-corrected chi connectivity index (χ1v) is 6.30. The predicted octanol–water partition coefficient (Wildman–Crippen LogP) is 1.72. The van der Waals surface area contributed by atoms with Crippen molar-refractivity contribution in [3.05, 3.63) is 33.9 Å². The van der Waals surface area contributed by atoms with Crippen molar-refractivity contribution in [2.45, 2.75) is 18.8 Å². The third kappa shape index (κ3) is 1.98. The molecular weight excluding hydrogens is 250 g/mol. The summed E-state index contributed by atoms with van der Waals surface area (Å²) in [7, 11) is 0. The Morgan fingerprint density at radius 2 is 2.17 bits per heavy atom. The van der Waals surface area contributed by atoms with Crippen LogP contribution in [-0.4, -0.2) is 14.3 Å². The van der Waals surface area contributed by atoms with Crippen LogP contribution in [0.25, 0.3) is 0 Å². The van der Waals surface area contributed by atoms with Crippen molar-refractivity contribution in [1.82, 2.24) is 14.3 Å². The third-order valence-electron chi connectivity index (χ3n) is 2.76. The van der Waals surface area contributed by atoms with Crippen LogP contribution in [0.15, 0.2) is 17.2 Å². The Hall–Kier alpha value is -2.20. The number of nitrogens with zero attached hydrogens (tertiary/aromatic N) is 3. The van der Waals surface area contributed by atoms with Crippen molar-refractivity contribution in [3.8, 4) is 6.07 Å². The maximum Gasteiger partial charge on any atom is 0.278 e. The SMILES string of the molecule is N#Cc1c(Nc2ncc(C3CC3)cn2)s[nH]c1=O. The zero-order valence-corrected chi connectivity index (χ0v) is 10.1. The highest BCUT2D eigenvalue weighted by Crippen LogP contribution is 2.39. The fraction of sp³-hybridized carbons (Fsp3) is 0.273. The van der Waals surface area contributed by atoms with E-state index >= 15 is 0 Å². The zero-order chi connectivity index (χ0) is 12.5. The van der Waals surface area contributed by atoms with Gasteiger partial charge in [-0.05, 0) is 35.9 Å². The lowest BCUT2D eigenvalue weighted by Gasteiger charge is -2.02. The summed E-state index contributed by atoms with van der Waals surface area (Å²) in [6.07, 6.45) is 5.98. The molecule has 1 aliphatic rings. The molecule has 2 aromatic rings. The lowest BCUT2D eigenvalue weighted by molar-refractivity contribution is 1.04. The highest BCUT2D eigenvalue weighted by molar-refractivity contribution is 7.10. The molecule has 0 spiro atoms. The van der Waals surface area contributed by atoms with Gasteiger partial charge in [-0.2, -0.15) is 5.26 Å². The lowest BCUT2D eigenvalue weighted by atomic mass is 10.2. The standard InChI is InChI=1S/C11H9N5OS/c12-3-8-9(17)16-18-10(8)15-11-13-4-7(5-14-11)6-1-2-6/h4-6H,1-2H2,(H,16,17)(H,13,14,15). The molecule has 3 rings (SSSR count). The molecule has 0 amide bonds. The number of nitrogens with one attached hydrogen (secondary N) is 2. The second-order valence-corrected chi connectivity index (χ2v) is 4.90. The number of anilines is 2. The second kappa shape index (κ2) is 4.23. The Morgan fingerprint density at radius 1 is 1.44 bits per heavy atom. The highest BCUT2D eigenvalue weighted by Gasteiger charge is 2.24. The molecular formula is C11H9N5OS. The average molecular weight is 259 g/mol. The van der Waals surface area contributed by atoms with Crippen LogP contribution >= 0.6 is 11.5 Å². The van der Waals surface area contributed by atoms with E-state index in [1.165, 1.54) is 12.8 Å². The van der Waals surface area contributed by atoms with Crippen LogP contribution in [0.4, 0.5) is 10.9 Å². The minimum absolute atomic E-state index is 0.0647. The zero-order valence-electron chi connectivity index (χ0n) is 9.30. The van der Waals surface area contributed by atoms with Crippen LogP contribution < -0.4 is 10.9 Å². The number of H-pyrrole nitrogens is 1. The Bertz CT molecular complexity index is 662. The molecule has 0 atom stereocenters. The van der Waals surface area contributed by atoms with Crippen LogP contribution in [0.3, 0.4) is 0 Å². The molecule has 0 aromatic carbocycles. The number of rotatable bonds is 3. The van der Waals surface area contributed by atoms with Gasteiger partial charge in [-0.15, -0.1) is 0 Å². The van der Waals surface area contributed by atoms with Crippen molar-refractivity contribution < 1.29 is 0 Å². The van der Waals surface area contributed by atoms with Crippen LogP contribution in [0.1, 0.15) is 29.9 Å². The Labute approximate surface area is 106 Å². The van der Waals surface area contributed by atoms with E-state index in [4.69, 9.17) is 5.26 Å². The summed E-state index contributed by atoms with van der Waals surface area (Å²) in [5.74, 6) is 1.00. The first kappa shape index (κ1) is 10.9. The van der Waals surface area contributed by atoms with E-state index in [0.717, 1.165) is 17.1 Å². The fourth-order valence-corrected chi connectivity index (χ4v) is 2.30. The van der Waals surface area contributed by atoms with Crippen molar-refractivity contribution in [3.63, 3.8) is 0 Å². The molecule has 0 aliphatic heterocycles. The van der Waals surface area contributed by atoms with Gasteiger partial charge in [0.15, 0.2) is 5.56 Å². The molecule has 0 unspecified atom stereocenters. The number of hydrogen-bond donors (Lipinski definition) is 2. The second-order valence-electron chi connectivity index (χ2n) is 4.09. The minimum atomic E-state index is -0.389.